The lowest BCUT2D eigenvalue weighted by atomic mass is 9.83. The number of aryl methyl sites for hydroxylation is 1. The van der Waals surface area contributed by atoms with Crippen molar-refractivity contribution in [2.75, 3.05) is 5.32 Å². The molecule has 0 heterocycles. The molecule has 1 saturated carbocycles. The highest BCUT2D eigenvalue weighted by Crippen LogP contribution is 2.30. The van der Waals surface area contributed by atoms with Crippen LogP contribution < -0.4 is 5.32 Å². The van der Waals surface area contributed by atoms with Crippen molar-refractivity contribution < 1.29 is 4.79 Å². The molecular formula is C13H16BrNO. The summed E-state index contributed by atoms with van der Waals surface area (Å²) in [6.45, 7) is 2.02. The standard InChI is InChI=1S/C13H16BrNO/c1-9-4-2-7-11(13(9)14)15-12(16)8-10-5-3-6-10/h2,4,7,10H,3,5-6,8H2,1H3,(H,15,16). The fourth-order valence-electron chi connectivity index (χ4n) is 1.90. The second-order valence-electron chi connectivity index (χ2n) is 4.49. The van der Waals surface area contributed by atoms with E-state index in [0.717, 1.165) is 15.7 Å². The minimum Gasteiger partial charge on any atom is -0.325 e. The molecule has 1 aromatic carbocycles. The van der Waals surface area contributed by atoms with E-state index in [0.29, 0.717) is 12.3 Å². The monoisotopic (exact) mass is 281 g/mol. The van der Waals surface area contributed by atoms with Crippen molar-refractivity contribution >= 4 is 27.5 Å². The number of hydrogen-bond donors (Lipinski definition) is 1. The van der Waals surface area contributed by atoms with Crippen LogP contribution in [-0.4, -0.2) is 5.91 Å². The summed E-state index contributed by atoms with van der Waals surface area (Å²) in [5.74, 6) is 0.750. The van der Waals surface area contributed by atoms with Gasteiger partial charge in [-0.3, -0.25) is 4.79 Å². The third kappa shape index (κ3) is 2.64. The summed E-state index contributed by atoms with van der Waals surface area (Å²) in [4.78, 5) is 11.7. The Kier molecular flexibility index (Phi) is 3.64. The summed E-state index contributed by atoms with van der Waals surface area (Å²) in [6.07, 6.45) is 4.37. The maximum absolute atomic E-state index is 11.7. The molecule has 16 heavy (non-hydrogen) atoms. The number of hydrogen-bond acceptors (Lipinski definition) is 1. The summed E-state index contributed by atoms with van der Waals surface area (Å²) in [6, 6.07) is 5.90. The van der Waals surface area contributed by atoms with Gasteiger partial charge in [0.2, 0.25) is 5.91 Å². The lowest BCUT2D eigenvalue weighted by Crippen LogP contribution is -2.21. The number of rotatable bonds is 3. The Balaban J connectivity index is 1.97. The van der Waals surface area contributed by atoms with Crippen LogP contribution in [0.3, 0.4) is 0 Å². The van der Waals surface area contributed by atoms with Gasteiger partial charge in [-0.1, -0.05) is 18.6 Å². The molecule has 0 unspecified atom stereocenters. The average Bonchev–Trinajstić information content (AvgIpc) is 2.19. The van der Waals surface area contributed by atoms with Crippen molar-refractivity contribution in [3.63, 3.8) is 0 Å². The molecule has 1 fully saturated rings. The molecule has 1 amide bonds. The van der Waals surface area contributed by atoms with Crippen LogP contribution in [0.25, 0.3) is 0 Å². The van der Waals surface area contributed by atoms with E-state index in [1.165, 1.54) is 19.3 Å². The summed E-state index contributed by atoms with van der Waals surface area (Å²) in [5.41, 5.74) is 2.02. The molecule has 0 radical (unpaired) electrons. The number of amides is 1. The van der Waals surface area contributed by atoms with E-state index in [4.69, 9.17) is 0 Å². The molecule has 1 aromatic rings. The van der Waals surface area contributed by atoms with Crippen LogP contribution in [0.15, 0.2) is 22.7 Å². The summed E-state index contributed by atoms with van der Waals surface area (Å²) >= 11 is 3.49. The molecule has 1 N–H and O–H groups in total. The summed E-state index contributed by atoms with van der Waals surface area (Å²) in [5, 5.41) is 2.96. The number of halogens is 1. The topological polar surface area (TPSA) is 29.1 Å². The molecule has 1 aliphatic rings. The van der Waals surface area contributed by atoms with Crippen molar-refractivity contribution in [3.8, 4) is 0 Å². The van der Waals surface area contributed by atoms with Gasteiger partial charge in [0.1, 0.15) is 0 Å². The number of benzene rings is 1. The van der Waals surface area contributed by atoms with E-state index < -0.39 is 0 Å². The van der Waals surface area contributed by atoms with Gasteiger partial charge in [-0.25, -0.2) is 0 Å². The van der Waals surface area contributed by atoms with E-state index >= 15 is 0 Å². The van der Waals surface area contributed by atoms with E-state index in [9.17, 15) is 4.79 Å². The maximum Gasteiger partial charge on any atom is 0.224 e. The van der Waals surface area contributed by atoms with E-state index in [1.54, 1.807) is 0 Å². The maximum atomic E-state index is 11.7. The highest BCUT2D eigenvalue weighted by atomic mass is 79.9. The van der Waals surface area contributed by atoms with Crippen LogP contribution >= 0.6 is 15.9 Å². The molecule has 86 valence electrons. The molecule has 0 bridgehead atoms. The smallest absolute Gasteiger partial charge is 0.224 e. The van der Waals surface area contributed by atoms with Gasteiger partial charge >= 0.3 is 0 Å². The predicted octanol–water partition coefficient (Wildman–Crippen LogP) is 3.89. The van der Waals surface area contributed by atoms with E-state index in [2.05, 4.69) is 21.2 Å². The second kappa shape index (κ2) is 5.00. The van der Waals surface area contributed by atoms with Gasteiger partial charge in [-0.2, -0.15) is 0 Å². The number of carbonyl (C=O) groups excluding carboxylic acids is 1. The van der Waals surface area contributed by atoms with Crippen LogP contribution in [0.1, 0.15) is 31.2 Å². The first-order chi connectivity index (χ1) is 7.66. The van der Waals surface area contributed by atoms with Crippen LogP contribution in [-0.2, 0) is 4.79 Å². The predicted molar refractivity (Wildman–Crippen MR) is 69.5 cm³/mol. The number of nitrogens with one attached hydrogen (secondary N) is 1. The minimum atomic E-state index is 0.135. The zero-order valence-corrected chi connectivity index (χ0v) is 11.0. The van der Waals surface area contributed by atoms with Gasteiger partial charge in [0.05, 0.1) is 5.69 Å². The number of carbonyl (C=O) groups is 1. The molecule has 0 saturated heterocycles. The Morgan fingerprint density at radius 2 is 2.25 bits per heavy atom. The third-order valence-corrected chi connectivity index (χ3v) is 4.22. The van der Waals surface area contributed by atoms with Gasteiger partial charge in [0.15, 0.2) is 0 Å². The van der Waals surface area contributed by atoms with Crippen LogP contribution in [0.4, 0.5) is 5.69 Å². The molecule has 2 nitrogen and oxygen atoms in total. The van der Waals surface area contributed by atoms with Gasteiger partial charge in [0, 0.05) is 10.9 Å². The first-order valence-corrected chi connectivity index (χ1v) is 6.51. The van der Waals surface area contributed by atoms with E-state index in [-0.39, 0.29) is 5.91 Å². The minimum absolute atomic E-state index is 0.135. The Bertz CT molecular complexity index is 399. The first-order valence-electron chi connectivity index (χ1n) is 5.72. The summed E-state index contributed by atoms with van der Waals surface area (Å²) < 4.78 is 0.983. The quantitative estimate of drug-likeness (QED) is 0.895. The molecule has 0 atom stereocenters. The second-order valence-corrected chi connectivity index (χ2v) is 5.28. The zero-order valence-electron chi connectivity index (χ0n) is 9.42. The normalized spacial score (nSPS) is 15.6. The average molecular weight is 282 g/mol. The largest absolute Gasteiger partial charge is 0.325 e. The SMILES string of the molecule is Cc1cccc(NC(=O)CC2CCC2)c1Br. The molecule has 3 heteroatoms. The van der Waals surface area contributed by atoms with Gasteiger partial charge < -0.3 is 5.32 Å². The molecular weight excluding hydrogens is 266 g/mol. The Labute approximate surface area is 105 Å². The number of anilines is 1. The van der Waals surface area contributed by atoms with Crippen molar-refractivity contribution in [3.05, 3.63) is 28.2 Å². The Hall–Kier alpha value is -0.830. The van der Waals surface area contributed by atoms with Crippen LogP contribution in [0.2, 0.25) is 0 Å². The fourth-order valence-corrected chi connectivity index (χ4v) is 2.27. The Morgan fingerprint density at radius 1 is 1.50 bits per heavy atom. The van der Waals surface area contributed by atoms with Crippen LogP contribution in [0, 0.1) is 12.8 Å². The Morgan fingerprint density at radius 3 is 2.88 bits per heavy atom. The molecule has 1 aliphatic carbocycles. The van der Waals surface area contributed by atoms with Gasteiger partial charge in [-0.05, 0) is 53.2 Å². The summed E-state index contributed by atoms with van der Waals surface area (Å²) in [7, 11) is 0. The van der Waals surface area contributed by atoms with Crippen molar-refractivity contribution in [2.45, 2.75) is 32.6 Å². The van der Waals surface area contributed by atoms with Crippen LogP contribution in [0.5, 0.6) is 0 Å². The fraction of sp³-hybridized carbons (Fsp3) is 0.462. The molecule has 0 aliphatic heterocycles. The zero-order chi connectivity index (χ0) is 11.5. The van der Waals surface area contributed by atoms with Crippen molar-refractivity contribution in [1.29, 1.82) is 0 Å². The van der Waals surface area contributed by atoms with Crippen molar-refractivity contribution in [2.24, 2.45) is 5.92 Å². The molecule has 2 rings (SSSR count). The van der Waals surface area contributed by atoms with Crippen molar-refractivity contribution in [1.82, 2.24) is 0 Å². The van der Waals surface area contributed by atoms with E-state index in [1.807, 2.05) is 25.1 Å². The van der Waals surface area contributed by atoms with Gasteiger partial charge in [0.25, 0.3) is 0 Å². The first kappa shape index (κ1) is 11.6. The highest BCUT2D eigenvalue weighted by Gasteiger charge is 2.20. The third-order valence-electron chi connectivity index (χ3n) is 3.16. The highest BCUT2D eigenvalue weighted by molar-refractivity contribution is 9.10. The lowest BCUT2D eigenvalue weighted by molar-refractivity contribution is -0.117. The van der Waals surface area contributed by atoms with Gasteiger partial charge in [-0.15, -0.1) is 0 Å². The molecule has 0 spiro atoms. The lowest BCUT2D eigenvalue weighted by Gasteiger charge is -2.24. The molecule has 0 aromatic heterocycles.